The molecule has 0 spiro atoms. The highest BCUT2D eigenvalue weighted by atomic mass is 16.5. The van der Waals surface area contributed by atoms with Gasteiger partial charge in [-0.25, -0.2) is 4.98 Å². The summed E-state index contributed by atoms with van der Waals surface area (Å²) in [6.07, 6.45) is 2.34. The molecule has 9 nitrogen and oxygen atoms in total. The maximum Gasteiger partial charge on any atom is 0.216 e. The standard InChI is InChI=1S/C22H29N7O2/c1-23-22(24-10-9-20-25-21(27-26-20)19-8-5-16-31-19)29-13-11-28(12-14-29)15-17-30-18-6-3-2-4-7-18/h2-8,16H,9-15,17H2,1H3,(H,23,24)(H,25,26,27). The second kappa shape index (κ2) is 10.6. The van der Waals surface area contributed by atoms with E-state index in [0.717, 1.165) is 63.2 Å². The average molecular weight is 424 g/mol. The van der Waals surface area contributed by atoms with Crippen LogP contribution in [0, 0.1) is 0 Å². The Hall–Kier alpha value is -3.33. The van der Waals surface area contributed by atoms with Gasteiger partial charge < -0.3 is 19.4 Å². The summed E-state index contributed by atoms with van der Waals surface area (Å²) in [5, 5.41) is 10.6. The summed E-state index contributed by atoms with van der Waals surface area (Å²) in [6, 6.07) is 13.6. The summed E-state index contributed by atoms with van der Waals surface area (Å²) in [4.78, 5) is 13.6. The van der Waals surface area contributed by atoms with Crippen LogP contribution in [0.2, 0.25) is 0 Å². The van der Waals surface area contributed by atoms with E-state index >= 15 is 0 Å². The third-order valence-electron chi connectivity index (χ3n) is 5.22. The molecule has 0 saturated carbocycles. The molecule has 0 radical (unpaired) electrons. The van der Waals surface area contributed by atoms with Gasteiger partial charge in [0.05, 0.1) is 6.26 Å². The van der Waals surface area contributed by atoms with Crippen LogP contribution < -0.4 is 10.1 Å². The molecule has 1 fully saturated rings. The number of nitrogens with zero attached hydrogens (tertiary/aromatic N) is 5. The van der Waals surface area contributed by atoms with Crippen LogP contribution in [0.3, 0.4) is 0 Å². The van der Waals surface area contributed by atoms with E-state index in [-0.39, 0.29) is 0 Å². The molecule has 31 heavy (non-hydrogen) atoms. The summed E-state index contributed by atoms with van der Waals surface area (Å²) >= 11 is 0. The summed E-state index contributed by atoms with van der Waals surface area (Å²) in [7, 11) is 1.83. The highest BCUT2D eigenvalue weighted by molar-refractivity contribution is 5.80. The predicted molar refractivity (Wildman–Crippen MR) is 119 cm³/mol. The average Bonchev–Trinajstić information content (AvgIpc) is 3.50. The largest absolute Gasteiger partial charge is 0.492 e. The van der Waals surface area contributed by atoms with Crippen LogP contribution in [0.15, 0.2) is 58.1 Å². The van der Waals surface area contributed by atoms with Gasteiger partial charge in [-0.1, -0.05) is 18.2 Å². The highest BCUT2D eigenvalue weighted by Crippen LogP contribution is 2.14. The van der Waals surface area contributed by atoms with E-state index in [1.165, 1.54) is 0 Å². The molecule has 0 amide bonds. The molecular formula is C22H29N7O2. The predicted octanol–water partition coefficient (Wildman–Crippen LogP) is 1.88. The fourth-order valence-corrected chi connectivity index (χ4v) is 3.54. The van der Waals surface area contributed by atoms with E-state index in [2.05, 4.69) is 35.3 Å². The Morgan fingerprint density at radius 1 is 1.16 bits per heavy atom. The number of nitrogens with one attached hydrogen (secondary N) is 2. The van der Waals surface area contributed by atoms with Gasteiger partial charge in [-0.3, -0.25) is 15.0 Å². The Balaban J connectivity index is 1.16. The number of para-hydroxylation sites is 1. The number of aromatic amines is 1. The number of hydrogen-bond acceptors (Lipinski definition) is 6. The SMILES string of the molecule is CN=C(NCCc1nc(-c2ccco2)n[nH]1)N1CCN(CCOc2ccccc2)CC1. The van der Waals surface area contributed by atoms with Crippen molar-refractivity contribution in [2.45, 2.75) is 6.42 Å². The second-order valence-electron chi connectivity index (χ2n) is 7.30. The minimum absolute atomic E-state index is 0.580. The van der Waals surface area contributed by atoms with Gasteiger partial charge in [0, 0.05) is 52.7 Å². The van der Waals surface area contributed by atoms with Crippen molar-refractivity contribution in [2.75, 3.05) is 52.9 Å². The Labute approximate surface area is 182 Å². The van der Waals surface area contributed by atoms with Crippen LogP contribution in [0.1, 0.15) is 5.82 Å². The number of furan rings is 1. The van der Waals surface area contributed by atoms with E-state index in [9.17, 15) is 0 Å². The molecule has 1 aliphatic rings. The van der Waals surface area contributed by atoms with Crippen molar-refractivity contribution in [1.82, 2.24) is 30.3 Å². The van der Waals surface area contributed by atoms with Crippen LogP contribution >= 0.6 is 0 Å². The van der Waals surface area contributed by atoms with Crippen LogP contribution in [0.25, 0.3) is 11.6 Å². The highest BCUT2D eigenvalue weighted by Gasteiger charge is 2.19. The van der Waals surface area contributed by atoms with Gasteiger partial charge in [-0.2, -0.15) is 5.10 Å². The first-order valence-corrected chi connectivity index (χ1v) is 10.6. The quantitative estimate of drug-likeness (QED) is 0.422. The first-order chi connectivity index (χ1) is 15.3. The van der Waals surface area contributed by atoms with Gasteiger partial charge in [-0.05, 0) is 24.3 Å². The lowest BCUT2D eigenvalue weighted by Gasteiger charge is -2.36. The Bertz CT molecular complexity index is 932. The van der Waals surface area contributed by atoms with Gasteiger partial charge in [0.25, 0.3) is 0 Å². The number of aliphatic imine (C=N–C) groups is 1. The van der Waals surface area contributed by atoms with Crippen molar-refractivity contribution < 1.29 is 9.15 Å². The van der Waals surface area contributed by atoms with E-state index in [1.807, 2.05) is 49.5 Å². The summed E-state index contributed by atoms with van der Waals surface area (Å²) in [5.41, 5.74) is 0. The molecule has 164 valence electrons. The van der Waals surface area contributed by atoms with Crippen molar-refractivity contribution in [1.29, 1.82) is 0 Å². The van der Waals surface area contributed by atoms with E-state index in [1.54, 1.807) is 6.26 Å². The van der Waals surface area contributed by atoms with E-state index in [4.69, 9.17) is 9.15 Å². The Morgan fingerprint density at radius 2 is 2.00 bits per heavy atom. The Kier molecular flexibility index (Phi) is 7.17. The number of H-pyrrole nitrogens is 1. The maximum absolute atomic E-state index is 5.81. The van der Waals surface area contributed by atoms with Crippen LogP contribution in [0.5, 0.6) is 5.75 Å². The maximum atomic E-state index is 5.81. The van der Waals surface area contributed by atoms with Crippen molar-refractivity contribution in [3.8, 4) is 17.3 Å². The number of ether oxygens (including phenoxy) is 1. The Morgan fingerprint density at radius 3 is 2.74 bits per heavy atom. The topological polar surface area (TPSA) is 94.8 Å². The van der Waals surface area contributed by atoms with Crippen LogP contribution in [0.4, 0.5) is 0 Å². The van der Waals surface area contributed by atoms with Gasteiger partial charge >= 0.3 is 0 Å². The number of rotatable bonds is 8. The second-order valence-corrected chi connectivity index (χ2v) is 7.30. The molecule has 1 saturated heterocycles. The zero-order valence-electron chi connectivity index (χ0n) is 17.8. The number of piperazine rings is 1. The van der Waals surface area contributed by atoms with Gasteiger partial charge in [0.15, 0.2) is 11.7 Å². The zero-order chi connectivity index (χ0) is 21.3. The summed E-state index contributed by atoms with van der Waals surface area (Å²) in [6.45, 7) is 6.23. The molecule has 1 aliphatic heterocycles. The molecule has 3 aromatic rings. The molecule has 0 aliphatic carbocycles. The van der Waals surface area contributed by atoms with E-state index in [0.29, 0.717) is 18.2 Å². The summed E-state index contributed by atoms with van der Waals surface area (Å²) < 4.78 is 11.1. The number of hydrogen-bond donors (Lipinski definition) is 2. The van der Waals surface area contributed by atoms with Crippen LogP contribution in [-0.4, -0.2) is 83.9 Å². The third-order valence-corrected chi connectivity index (χ3v) is 5.22. The molecule has 3 heterocycles. The number of aromatic nitrogens is 3. The van der Waals surface area contributed by atoms with Crippen molar-refractivity contribution in [3.05, 3.63) is 54.6 Å². The lowest BCUT2D eigenvalue weighted by molar-refractivity contribution is 0.152. The number of benzene rings is 1. The molecule has 2 N–H and O–H groups in total. The molecule has 1 aromatic carbocycles. The monoisotopic (exact) mass is 423 g/mol. The molecule has 0 unspecified atom stereocenters. The molecule has 9 heteroatoms. The normalized spacial score (nSPS) is 15.3. The third kappa shape index (κ3) is 5.85. The molecular weight excluding hydrogens is 394 g/mol. The van der Waals surface area contributed by atoms with Crippen molar-refractivity contribution >= 4 is 5.96 Å². The van der Waals surface area contributed by atoms with Crippen molar-refractivity contribution in [2.24, 2.45) is 4.99 Å². The van der Waals surface area contributed by atoms with E-state index < -0.39 is 0 Å². The number of guanidine groups is 1. The minimum Gasteiger partial charge on any atom is -0.492 e. The molecule has 0 atom stereocenters. The smallest absolute Gasteiger partial charge is 0.216 e. The summed E-state index contributed by atoms with van der Waals surface area (Å²) in [5.74, 6) is 3.91. The van der Waals surface area contributed by atoms with Gasteiger partial charge in [0.2, 0.25) is 5.82 Å². The fourth-order valence-electron chi connectivity index (χ4n) is 3.54. The lowest BCUT2D eigenvalue weighted by atomic mass is 10.3. The molecule has 0 bridgehead atoms. The zero-order valence-corrected chi connectivity index (χ0v) is 17.8. The first kappa shape index (κ1) is 20.9. The van der Waals surface area contributed by atoms with Crippen molar-refractivity contribution in [3.63, 3.8) is 0 Å². The molecule has 4 rings (SSSR count). The lowest BCUT2D eigenvalue weighted by Crippen LogP contribution is -2.53. The molecule has 2 aromatic heterocycles. The van der Waals surface area contributed by atoms with Crippen LogP contribution in [-0.2, 0) is 6.42 Å². The van der Waals surface area contributed by atoms with Gasteiger partial charge in [0.1, 0.15) is 18.2 Å². The fraction of sp³-hybridized carbons (Fsp3) is 0.409. The first-order valence-electron chi connectivity index (χ1n) is 10.6. The van der Waals surface area contributed by atoms with Gasteiger partial charge in [-0.15, -0.1) is 0 Å². The minimum atomic E-state index is 0.580.